The predicted molar refractivity (Wildman–Crippen MR) is 67.2 cm³/mol. The summed E-state index contributed by atoms with van der Waals surface area (Å²) in [4.78, 5) is 16.1. The molecule has 0 atom stereocenters. The Bertz CT molecular complexity index is 380. The van der Waals surface area contributed by atoms with E-state index in [-0.39, 0.29) is 6.03 Å². The van der Waals surface area contributed by atoms with E-state index < -0.39 is 0 Å². The van der Waals surface area contributed by atoms with Crippen LogP contribution >= 0.6 is 0 Å². The van der Waals surface area contributed by atoms with Crippen LogP contribution in [-0.2, 0) is 0 Å². The molecule has 0 saturated carbocycles. The van der Waals surface area contributed by atoms with Crippen LogP contribution in [0.5, 0.6) is 0 Å². The molecule has 2 heterocycles. The molecule has 1 aliphatic rings. The number of hydrogen-bond acceptors (Lipinski definition) is 2. The third-order valence-electron chi connectivity index (χ3n) is 3.18. The van der Waals surface area contributed by atoms with E-state index >= 15 is 0 Å². The Morgan fingerprint density at radius 2 is 1.76 bits per heavy atom. The average Bonchev–Trinajstić information content (AvgIpc) is 2.39. The van der Waals surface area contributed by atoms with E-state index in [1.165, 1.54) is 6.42 Å². The molecule has 0 unspecified atom stereocenters. The van der Waals surface area contributed by atoms with Crippen LogP contribution in [0.3, 0.4) is 0 Å². The van der Waals surface area contributed by atoms with Gasteiger partial charge in [0.1, 0.15) is 12.4 Å². The third-order valence-corrected chi connectivity index (χ3v) is 3.18. The maximum atomic E-state index is 12.2. The van der Waals surface area contributed by atoms with Crippen LogP contribution in [0.15, 0.2) is 24.5 Å². The largest absolute Gasteiger partial charge is 0.497 e. The number of hydrogen-bond donors (Lipinski definition) is 0. The van der Waals surface area contributed by atoms with Crippen molar-refractivity contribution in [2.75, 3.05) is 32.1 Å². The molecule has 1 aromatic heterocycles. The molecule has 4 nitrogen and oxygen atoms in total. The maximum absolute atomic E-state index is 12.2. The second-order valence-corrected chi connectivity index (χ2v) is 4.69. The Kier molecular flexibility index (Phi) is 3.61. The van der Waals surface area contributed by atoms with Crippen molar-refractivity contribution < 1.29 is 9.36 Å². The molecular formula is C13H20N3O+. The van der Waals surface area contributed by atoms with Crippen LogP contribution in [0.1, 0.15) is 19.3 Å². The molecule has 92 valence electrons. The minimum absolute atomic E-state index is 0.0926. The number of aromatic nitrogens is 1. The lowest BCUT2D eigenvalue weighted by atomic mass is 10.1. The molecule has 0 aliphatic carbocycles. The SMILES string of the molecule is CN(C)c1cc[n+](C(=O)N2CCCCC2)cc1. The molecule has 0 spiro atoms. The van der Waals surface area contributed by atoms with Crippen molar-refractivity contribution in [1.82, 2.24) is 4.90 Å². The summed E-state index contributed by atoms with van der Waals surface area (Å²) in [6.45, 7) is 1.78. The summed E-state index contributed by atoms with van der Waals surface area (Å²) in [7, 11) is 3.98. The molecule has 1 aromatic rings. The van der Waals surface area contributed by atoms with Crippen LogP contribution in [0.4, 0.5) is 10.5 Å². The summed E-state index contributed by atoms with van der Waals surface area (Å²) in [6, 6.07) is 4.01. The van der Waals surface area contributed by atoms with E-state index in [1.54, 1.807) is 4.57 Å². The molecule has 1 fully saturated rings. The van der Waals surface area contributed by atoms with Crippen molar-refractivity contribution in [3.63, 3.8) is 0 Å². The Morgan fingerprint density at radius 3 is 2.29 bits per heavy atom. The number of rotatable bonds is 1. The molecule has 0 N–H and O–H groups in total. The summed E-state index contributed by atoms with van der Waals surface area (Å²) in [5.74, 6) is 0. The standard InChI is InChI=1S/C13H20N3O/c1-14(2)12-6-10-16(11-7-12)13(17)15-8-4-3-5-9-15/h6-7,10-11H,3-5,8-9H2,1-2H3/q+1. The molecule has 1 amide bonds. The highest BCUT2D eigenvalue weighted by Gasteiger charge is 2.25. The second kappa shape index (κ2) is 5.17. The molecule has 0 radical (unpaired) electrons. The lowest BCUT2D eigenvalue weighted by Crippen LogP contribution is -2.53. The summed E-state index contributed by atoms with van der Waals surface area (Å²) in [6.07, 6.45) is 7.18. The second-order valence-electron chi connectivity index (χ2n) is 4.69. The van der Waals surface area contributed by atoms with Crippen molar-refractivity contribution in [2.24, 2.45) is 0 Å². The number of anilines is 1. The molecule has 4 heteroatoms. The van der Waals surface area contributed by atoms with E-state index in [4.69, 9.17) is 0 Å². The van der Waals surface area contributed by atoms with Gasteiger partial charge in [0, 0.05) is 31.9 Å². The lowest BCUT2D eigenvalue weighted by molar-refractivity contribution is -0.578. The number of amides is 1. The van der Waals surface area contributed by atoms with Crippen molar-refractivity contribution >= 4 is 11.7 Å². The Hall–Kier alpha value is -1.58. The first-order valence-electron chi connectivity index (χ1n) is 6.16. The summed E-state index contributed by atoms with van der Waals surface area (Å²) < 4.78 is 1.66. The topological polar surface area (TPSA) is 27.4 Å². The Balaban J connectivity index is 2.08. The van der Waals surface area contributed by atoms with Crippen molar-refractivity contribution in [3.8, 4) is 0 Å². The smallest absolute Gasteiger partial charge is 0.377 e. The van der Waals surface area contributed by atoms with Gasteiger partial charge in [0.25, 0.3) is 0 Å². The van der Waals surface area contributed by atoms with Crippen LogP contribution in [-0.4, -0.2) is 38.1 Å². The van der Waals surface area contributed by atoms with Gasteiger partial charge in [0.05, 0.1) is 13.1 Å². The first-order valence-corrected chi connectivity index (χ1v) is 6.16. The molecule has 0 bridgehead atoms. The van der Waals surface area contributed by atoms with Gasteiger partial charge in [0.2, 0.25) is 0 Å². The van der Waals surface area contributed by atoms with Gasteiger partial charge < -0.3 is 4.90 Å². The van der Waals surface area contributed by atoms with Crippen LogP contribution in [0.25, 0.3) is 0 Å². The highest BCUT2D eigenvalue weighted by Crippen LogP contribution is 2.09. The number of piperidine rings is 1. The molecule has 1 aliphatic heterocycles. The zero-order chi connectivity index (χ0) is 12.3. The van der Waals surface area contributed by atoms with Gasteiger partial charge in [0.15, 0.2) is 0 Å². The molecule has 2 rings (SSSR count). The molecule has 17 heavy (non-hydrogen) atoms. The van der Waals surface area contributed by atoms with Crippen molar-refractivity contribution in [1.29, 1.82) is 0 Å². The van der Waals surface area contributed by atoms with Crippen LogP contribution in [0, 0.1) is 0 Å². The third kappa shape index (κ3) is 2.75. The number of carbonyl (C=O) groups excluding carboxylic acids is 1. The molecule has 1 saturated heterocycles. The van der Waals surface area contributed by atoms with Gasteiger partial charge in [-0.05, 0) is 19.3 Å². The zero-order valence-electron chi connectivity index (χ0n) is 10.6. The maximum Gasteiger partial charge on any atom is 0.497 e. The summed E-state index contributed by atoms with van der Waals surface area (Å²) in [5.41, 5.74) is 1.10. The van der Waals surface area contributed by atoms with E-state index in [2.05, 4.69) is 0 Å². The first kappa shape index (κ1) is 11.9. The highest BCUT2D eigenvalue weighted by atomic mass is 16.2. The van der Waals surface area contributed by atoms with E-state index in [0.717, 1.165) is 31.6 Å². The molecule has 0 aromatic carbocycles. The van der Waals surface area contributed by atoms with Crippen LogP contribution in [0.2, 0.25) is 0 Å². The summed E-state index contributed by atoms with van der Waals surface area (Å²) in [5, 5.41) is 0. The summed E-state index contributed by atoms with van der Waals surface area (Å²) >= 11 is 0. The van der Waals surface area contributed by atoms with Gasteiger partial charge in [-0.3, -0.25) is 0 Å². The first-order chi connectivity index (χ1) is 8.18. The van der Waals surface area contributed by atoms with Gasteiger partial charge in [-0.1, -0.05) is 0 Å². The molecular weight excluding hydrogens is 214 g/mol. The van der Waals surface area contributed by atoms with E-state index in [9.17, 15) is 4.79 Å². The fourth-order valence-electron chi connectivity index (χ4n) is 2.09. The minimum atomic E-state index is 0.0926. The monoisotopic (exact) mass is 234 g/mol. The fourth-order valence-corrected chi connectivity index (χ4v) is 2.09. The normalized spacial score (nSPS) is 15.8. The number of pyridine rings is 1. The minimum Gasteiger partial charge on any atom is -0.377 e. The van der Waals surface area contributed by atoms with E-state index in [1.807, 2.05) is 48.4 Å². The Morgan fingerprint density at radius 1 is 1.18 bits per heavy atom. The predicted octanol–water partition coefficient (Wildman–Crippen LogP) is 1.49. The van der Waals surface area contributed by atoms with Gasteiger partial charge in [-0.15, -0.1) is 0 Å². The zero-order valence-corrected chi connectivity index (χ0v) is 10.6. The van der Waals surface area contributed by atoms with Crippen molar-refractivity contribution in [2.45, 2.75) is 19.3 Å². The Labute approximate surface area is 102 Å². The lowest BCUT2D eigenvalue weighted by Gasteiger charge is -2.19. The fraction of sp³-hybridized carbons (Fsp3) is 0.538. The van der Waals surface area contributed by atoms with Crippen LogP contribution < -0.4 is 9.47 Å². The number of nitrogens with zero attached hydrogens (tertiary/aromatic N) is 3. The number of carbonyl (C=O) groups is 1. The average molecular weight is 234 g/mol. The van der Waals surface area contributed by atoms with Gasteiger partial charge in [-0.25, -0.2) is 4.90 Å². The van der Waals surface area contributed by atoms with Gasteiger partial charge in [-0.2, -0.15) is 9.36 Å². The number of likely N-dealkylation sites (tertiary alicyclic amines) is 1. The van der Waals surface area contributed by atoms with Gasteiger partial charge >= 0.3 is 6.03 Å². The quantitative estimate of drug-likeness (QED) is 0.689. The highest BCUT2D eigenvalue weighted by molar-refractivity contribution is 5.65. The van der Waals surface area contributed by atoms with Crippen molar-refractivity contribution in [3.05, 3.63) is 24.5 Å². The van der Waals surface area contributed by atoms with E-state index in [0.29, 0.717) is 0 Å².